The highest BCUT2D eigenvalue weighted by atomic mass is 16.2. The molecule has 6 heteroatoms. The SMILES string of the molecule is CCC1(CC)NC(=O)N(CC(=O)NC(C)c2ccc(C(C)(C)C)cc2)C1=O. The first kappa shape index (κ1) is 20.9. The summed E-state index contributed by atoms with van der Waals surface area (Å²) in [4.78, 5) is 38.2. The minimum Gasteiger partial charge on any atom is -0.348 e. The number of benzene rings is 1. The van der Waals surface area contributed by atoms with Crippen molar-refractivity contribution in [3.8, 4) is 0 Å². The minimum atomic E-state index is -0.883. The summed E-state index contributed by atoms with van der Waals surface area (Å²) < 4.78 is 0. The Labute approximate surface area is 161 Å². The van der Waals surface area contributed by atoms with Crippen molar-refractivity contribution in [2.75, 3.05) is 6.54 Å². The molecule has 2 N–H and O–H groups in total. The van der Waals surface area contributed by atoms with E-state index in [1.807, 2.05) is 32.9 Å². The summed E-state index contributed by atoms with van der Waals surface area (Å²) in [5.41, 5.74) is 1.38. The summed E-state index contributed by atoms with van der Waals surface area (Å²) in [7, 11) is 0. The zero-order valence-electron chi connectivity index (χ0n) is 17.2. The molecule has 0 radical (unpaired) electrons. The first-order valence-electron chi connectivity index (χ1n) is 9.58. The fourth-order valence-electron chi connectivity index (χ4n) is 3.33. The molecule has 2 rings (SSSR count). The minimum absolute atomic E-state index is 0.0690. The molecule has 1 fully saturated rings. The van der Waals surface area contributed by atoms with Crippen LogP contribution < -0.4 is 10.6 Å². The fraction of sp³-hybridized carbons (Fsp3) is 0.571. The van der Waals surface area contributed by atoms with Crippen molar-refractivity contribution in [1.82, 2.24) is 15.5 Å². The maximum absolute atomic E-state index is 12.6. The van der Waals surface area contributed by atoms with Crippen molar-refractivity contribution in [3.05, 3.63) is 35.4 Å². The number of imide groups is 1. The number of carbonyl (C=O) groups excluding carboxylic acids is 3. The summed E-state index contributed by atoms with van der Waals surface area (Å²) in [5.74, 6) is -0.677. The lowest BCUT2D eigenvalue weighted by Crippen LogP contribution is -2.46. The van der Waals surface area contributed by atoms with Crippen molar-refractivity contribution in [2.24, 2.45) is 0 Å². The number of hydrogen-bond acceptors (Lipinski definition) is 3. The van der Waals surface area contributed by atoms with E-state index in [4.69, 9.17) is 0 Å². The van der Waals surface area contributed by atoms with Gasteiger partial charge in [-0.3, -0.25) is 14.5 Å². The summed E-state index contributed by atoms with van der Waals surface area (Å²) >= 11 is 0. The van der Waals surface area contributed by atoms with Crippen LogP contribution in [0.15, 0.2) is 24.3 Å². The third-order valence-corrected chi connectivity index (χ3v) is 5.41. The molecule has 1 aromatic carbocycles. The molecule has 148 valence electrons. The van der Waals surface area contributed by atoms with Gasteiger partial charge in [0.25, 0.3) is 5.91 Å². The smallest absolute Gasteiger partial charge is 0.325 e. The quantitative estimate of drug-likeness (QED) is 0.751. The van der Waals surface area contributed by atoms with Crippen molar-refractivity contribution < 1.29 is 14.4 Å². The van der Waals surface area contributed by atoms with Gasteiger partial charge in [-0.2, -0.15) is 0 Å². The standard InChI is InChI=1S/C21H31N3O3/c1-7-21(8-2)18(26)24(19(27)23-21)13-17(25)22-14(3)15-9-11-16(12-10-15)20(4,5)6/h9-12,14H,7-8,13H2,1-6H3,(H,22,25)(H,23,27). The highest BCUT2D eigenvalue weighted by Crippen LogP contribution is 2.25. The molecule has 0 spiro atoms. The highest BCUT2D eigenvalue weighted by molar-refractivity contribution is 6.09. The average Bonchev–Trinajstić information content (AvgIpc) is 2.85. The molecular weight excluding hydrogens is 342 g/mol. The van der Waals surface area contributed by atoms with Gasteiger partial charge in [-0.1, -0.05) is 58.9 Å². The van der Waals surface area contributed by atoms with E-state index in [0.717, 1.165) is 10.5 Å². The second kappa shape index (κ2) is 7.71. The second-order valence-corrected chi connectivity index (χ2v) is 8.27. The van der Waals surface area contributed by atoms with E-state index in [0.29, 0.717) is 12.8 Å². The van der Waals surface area contributed by atoms with Gasteiger partial charge in [0, 0.05) is 0 Å². The molecule has 1 unspecified atom stereocenters. The van der Waals surface area contributed by atoms with Gasteiger partial charge in [0.15, 0.2) is 0 Å². The maximum Gasteiger partial charge on any atom is 0.325 e. The Morgan fingerprint density at radius 2 is 1.70 bits per heavy atom. The zero-order valence-corrected chi connectivity index (χ0v) is 17.2. The van der Waals surface area contributed by atoms with Gasteiger partial charge >= 0.3 is 6.03 Å². The van der Waals surface area contributed by atoms with Crippen molar-refractivity contribution >= 4 is 17.8 Å². The van der Waals surface area contributed by atoms with Crippen molar-refractivity contribution in [3.63, 3.8) is 0 Å². The number of rotatable bonds is 6. The molecule has 1 aromatic rings. The molecule has 1 saturated heterocycles. The number of nitrogens with one attached hydrogen (secondary N) is 2. The Morgan fingerprint density at radius 1 is 1.15 bits per heavy atom. The number of hydrogen-bond donors (Lipinski definition) is 2. The van der Waals surface area contributed by atoms with Gasteiger partial charge in [0.2, 0.25) is 5.91 Å². The Bertz CT molecular complexity index is 715. The van der Waals surface area contributed by atoms with E-state index in [1.165, 1.54) is 5.56 Å². The van der Waals surface area contributed by atoms with Crippen LogP contribution in [-0.2, 0) is 15.0 Å². The maximum atomic E-state index is 12.6. The van der Waals surface area contributed by atoms with Crippen LogP contribution >= 0.6 is 0 Å². The van der Waals surface area contributed by atoms with Crippen LogP contribution in [0.2, 0.25) is 0 Å². The van der Waals surface area contributed by atoms with E-state index < -0.39 is 11.6 Å². The molecule has 1 atom stereocenters. The molecule has 27 heavy (non-hydrogen) atoms. The Balaban J connectivity index is 2.01. The summed E-state index contributed by atoms with van der Waals surface area (Å²) in [6.07, 6.45) is 1.01. The van der Waals surface area contributed by atoms with Crippen LogP contribution in [0.3, 0.4) is 0 Å². The summed E-state index contributed by atoms with van der Waals surface area (Å²) in [5, 5.41) is 5.61. The monoisotopic (exact) mass is 373 g/mol. The van der Waals surface area contributed by atoms with Crippen LogP contribution in [0.1, 0.15) is 71.6 Å². The number of amides is 4. The number of nitrogens with zero attached hydrogens (tertiary/aromatic N) is 1. The van der Waals surface area contributed by atoms with Crippen molar-refractivity contribution in [1.29, 1.82) is 0 Å². The van der Waals surface area contributed by atoms with E-state index in [-0.39, 0.29) is 29.8 Å². The summed E-state index contributed by atoms with van der Waals surface area (Å²) in [6.45, 7) is 11.8. The lowest BCUT2D eigenvalue weighted by atomic mass is 9.86. The van der Waals surface area contributed by atoms with Gasteiger partial charge in [-0.05, 0) is 36.3 Å². The topological polar surface area (TPSA) is 78.5 Å². The van der Waals surface area contributed by atoms with Gasteiger partial charge < -0.3 is 10.6 Å². The number of urea groups is 1. The number of carbonyl (C=O) groups is 3. The Morgan fingerprint density at radius 3 is 2.15 bits per heavy atom. The molecule has 0 bridgehead atoms. The first-order valence-corrected chi connectivity index (χ1v) is 9.58. The van der Waals surface area contributed by atoms with Crippen molar-refractivity contribution in [2.45, 2.75) is 71.4 Å². The Kier molecular flexibility index (Phi) is 5.97. The predicted octanol–water partition coefficient (Wildman–Crippen LogP) is 3.27. The molecule has 6 nitrogen and oxygen atoms in total. The molecule has 0 aliphatic carbocycles. The Hall–Kier alpha value is -2.37. The fourth-order valence-corrected chi connectivity index (χ4v) is 3.33. The second-order valence-electron chi connectivity index (χ2n) is 8.27. The zero-order chi connectivity index (χ0) is 20.4. The van der Waals surface area contributed by atoms with Crippen LogP contribution in [0.5, 0.6) is 0 Å². The molecular formula is C21H31N3O3. The largest absolute Gasteiger partial charge is 0.348 e. The average molecular weight is 373 g/mol. The molecule has 0 aromatic heterocycles. The van der Waals surface area contributed by atoms with E-state index in [1.54, 1.807) is 0 Å². The van der Waals surface area contributed by atoms with Crippen LogP contribution in [-0.4, -0.2) is 34.8 Å². The summed E-state index contributed by atoms with van der Waals surface area (Å²) in [6, 6.07) is 7.41. The molecule has 0 saturated carbocycles. The van der Waals surface area contributed by atoms with Gasteiger partial charge in [-0.15, -0.1) is 0 Å². The molecule has 4 amide bonds. The van der Waals surface area contributed by atoms with Crippen LogP contribution in [0, 0.1) is 0 Å². The van der Waals surface area contributed by atoms with E-state index in [2.05, 4.69) is 43.5 Å². The van der Waals surface area contributed by atoms with Gasteiger partial charge in [0.05, 0.1) is 6.04 Å². The normalized spacial score (nSPS) is 17.6. The van der Waals surface area contributed by atoms with Crippen LogP contribution in [0.4, 0.5) is 4.79 Å². The lowest BCUT2D eigenvalue weighted by molar-refractivity contribution is -0.135. The van der Waals surface area contributed by atoms with Crippen LogP contribution in [0.25, 0.3) is 0 Å². The highest BCUT2D eigenvalue weighted by Gasteiger charge is 2.49. The third kappa shape index (κ3) is 4.31. The molecule has 1 aliphatic rings. The predicted molar refractivity (Wildman–Crippen MR) is 105 cm³/mol. The molecule has 1 aliphatic heterocycles. The lowest BCUT2D eigenvalue weighted by Gasteiger charge is -2.23. The third-order valence-electron chi connectivity index (χ3n) is 5.41. The van der Waals surface area contributed by atoms with Gasteiger partial charge in [0.1, 0.15) is 12.1 Å². The van der Waals surface area contributed by atoms with Gasteiger partial charge in [-0.25, -0.2) is 4.79 Å². The first-order chi connectivity index (χ1) is 12.5. The van der Waals surface area contributed by atoms with E-state index >= 15 is 0 Å². The van der Waals surface area contributed by atoms with E-state index in [9.17, 15) is 14.4 Å². The molecule has 1 heterocycles.